The van der Waals surface area contributed by atoms with Crippen molar-refractivity contribution < 1.29 is 4.74 Å². The van der Waals surface area contributed by atoms with Crippen LogP contribution < -0.4 is 0 Å². The van der Waals surface area contributed by atoms with Crippen molar-refractivity contribution in [2.75, 3.05) is 0 Å². The summed E-state index contributed by atoms with van der Waals surface area (Å²) in [5, 5.41) is 0.688. The van der Waals surface area contributed by atoms with Gasteiger partial charge >= 0.3 is 0 Å². The molecule has 2 heteroatoms. The number of hydrogen-bond donors (Lipinski definition) is 0. The molecule has 0 aliphatic rings. The second-order valence-electron chi connectivity index (χ2n) is 8.83. The molecule has 0 saturated carbocycles. The zero-order valence-corrected chi connectivity index (χ0v) is 20.7. The highest BCUT2D eigenvalue weighted by atomic mass is 32.1. The Bertz CT molecular complexity index is 339. The van der Waals surface area contributed by atoms with Gasteiger partial charge in [0.25, 0.3) is 0 Å². The Morgan fingerprint density at radius 2 is 0.828 bits per heavy atom. The van der Waals surface area contributed by atoms with Gasteiger partial charge in [0, 0.05) is 6.42 Å². The average molecular weight is 425 g/mol. The summed E-state index contributed by atoms with van der Waals surface area (Å²) < 4.78 is 5.08. The first-order chi connectivity index (χ1) is 14.3. The van der Waals surface area contributed by atoms with Gasteiger partial charge in [0.1, 0.15) is 0 Å². The van der Waals surface area contributed by atoms with Crippen molar-refractivity contribution in [1.29, 1.82) is 0 Å². The van der Waals surface area contributed by atoms with E-state index >= 15 is 0 Å². The van der Waals surface area contributed by atoms with Gasteiger partial charge in [-0.3, -0.25) is 0 Å². The van der Waals surface area contributed by atoms with E-state index in [4.69, 9.17) is 17.0 Å². The molecule has 0 fully saturated rings. The molecule has 29 heavy (non-hydrogen) atoms. The van der Waals surface area contributed by atoms with E-state index < -0.39 is 0 Å². The largest absolute Gasteiger partial charge is 0.459 e. The number of unbranched alkanes of at least 4 members (excludes halogenated alkanes) is 21. The summed E-state index contributed by atoms with van der Waals surface area (Å²) in [5.41, 5.74) is 0. The van der Waals surface area contributed by atoms with Crippen LogP contribution in [0.4, 0.5) is 0 Å². The van der Waals surface area contributed by atoms with Gasteiger partial charge in [-0.05, 0) is 18.6 Å². The topological polar surface area (TPSA) is 9.23 Å². The van der Waals surface area contributed by atoms with E-state index in [2.05, 4.69) is 13.5 Å². The monoisotopic (exact) mass is 424 g/mol. The summed E-state index contributed by atoms with van der Waals surface area (Å²) >= 11 is 5.09. The van der Waals surface area contributed by atoms with Gasteiger partial charge in [-0.1, -0.05) is 148 Å². The highest BCUT2D eigenvalue weighted by Crippen LogP contribution is 2.15. The summed E-state index contributed by atoms with van der Waals surface area (Å²) in [6.07, 6.45) is 33.6. The van der Waals surface area contributed by atoms with Gasteiger partial charge in [0.2, 0.25) is 0 Å². The third-order valence-corrected chi connectivity index (χ3v) is 6.25. The summed E-state index contributed by atoms with van der Waals surface area (Å²) in [7, 11) is 0. The molecule has 0 aromatic rings. The Morgan fingerprint density at radius 3 is 1.10 bits per heavy atom. The SMILES string of the molecule is C=COC(=S)CCCCCCCCCCCCCCCCCCCCCCCC. The van der Waals surface area contributed by atoms with Crippen molar-refractivity contribution >= 4 is 17.3 Å². The lowest BCUT2D eigenvalue weighted by molar-refractivity contribution is 0.465. The lowest BCUT2D eigenvalue weighted by Crippen LogP contribution is -1.95. The van der Waals surface area contributed by atoms with Gasteiger partial charge < -0.3 is 4.74 Å². The maximum absolute atomic E-state index is 5.09. The molecule has 0 aromatic heterocycles. The quantitative estimate of drug-likeness (QED) is 0.0865. The van der Waals surface area contributed by atoms with Crippen molar-refractivity contribution in [2.45, 2.75) is 155 Å². The van der Waals surface area contributed by atoms with Crippen LogP contribution in [0.25, 0.3) is 0 Å². The molecule has 0 aliphatic carbocycles. The Labute approximate surface area is 189 Å². The highest BCUT2D eigenvalue weighted by molar-refractivity contribution is 7.80. The summed E-state index contributed by atoms with van der Waals surface area (Å²) in [4.78, 5) is 0. The van der Waals surface area contributed by atoms with E-state index in [1.807, 2.05) is 0 Å². The second-order valence-corrected chi connectivity index (χ2v) is 9.29. The minimum Gasteiger partial charge on any atom is -0.459 e. The van der Waals surface area contributed by atoms with Crippen LogP contribution in [0.5, 0.6) is 0 Å². The number of ether oxygens (including phenoxy) is 1. The zero-order valence-electron chi connectivity index (χ0n) is 19.9. The maximum Gasteiger partial charge on any atom is 0.166 e. The van der Waals surface area contributed by atoms with Crippen molar-refractivity contribution in [1.82, 2.24) is 0 Å². The Balaban J connectivity index is 3.03. The second kappa shape index (κ2) is 25.7. The van der Waals surface area contributed by atoms with Crippen LogP contribution in [0.15, 0.2) is 12.8 Å². The first-order valence-electron chi connectivity index (χ1n) is 13.1. The lowest BCUT2D eigenvalue weighted by Gasteiger charge is -2.04. The van der Waals surface area contributed by atoms with Crippen molar-refractivity contribution in [3.05, 3.63) is 12.8 Å². The molecule has 0 spiro atoms. The van der Waals surface area contributed by atoms with Crippen LogP contribution in [0.1, 0.15) is 155 Å². The van der Waals surface area contributed by atoms with E-state index in [-0.39, 0.29) is 0 Å². The number of thiocarbonyl (C=S) groups is 1. The molecule has 0 bridgehead atoms. The fraction of sp³-hybridized carbons (Fsp3) is 0.889. The molecule has 0 amide bonds. The first kappa shape index (κ1) is 28.6. The molecular formula is C27H52OS. The van der Waals surface area contributed by atoms with E-state index in [9.17, 15) is 0 Å². The molecule has 0 aromatic carbocycles. The van der Waals surface area contributed by atoms with E-state index in [0.717, 1.165) is 12.8 Å². The van der Waals surface area contributed by atoms with Gasteiger partial charge in [0.15, 0.2) is 5.05 Å². The van der Waals surface area contributed by atoms with Gasteiger partial charge in [-0.15, -0.1) is 0 Å². The molecule has 0 saturated heterocycles. The summed E-state index contributed by atoms with van der Waals surface area (Å²) in [6.45, 7) is 5.83. The number of hydrogen-bond acceptors (Lipinski definition) is 2. The molecule has 1 nitrogen and oxygen atoms in total. The molecule has 0 rings (SSSR count). The molecule has 0 radical (unpaired) electrons. The molecule has 0 aliphatic heterocycles. The van der Waals surface area contributed by atoms with Crippen molar-refractivity contribution in [3.63, 3.8) is 0 Å². The molecule has 0 N–H and O–H groups in total. The highest BCUT2D eigenvalue weighted by Gasteiger charge is 1.97. The van der Waals surface area contributed by atoms with Crippen molar-refractivity contribution in [3.8, 4) is 0 Å². The van der Waals surface area contributed by atoms with Crippen LogP contribution >= 0.6 is 12.2 Å². The Morgan fingerprint density at radius 1 is 0.552 bits per heavy atom. The first-order valence-corrected chi connectivity index (χ1v) is 13.5. The molecule has 172 valence electrons. The van der Waals surface area contributed by atoms with Crippen LogP contribution in [0, 0.1) is 0 Å². The summed E-state index contributed by atoms with van der Waals surface area (Å²) in [6, 6.07) is 0. The molecular weight excluding hydrogens is 372 g/mol. The lowest BCUT2D eigenvalue weighted by atomic mass is 10.0. The zero-order chi connectivity index (χ0) is 21.3. The van der Waals surface area contributed by atoms with E-state index in [1.54, 1.807) is 0 Å². The molecule has 0 unspecified atom stereocenters. The standard InChI is InChI=1S/C27H52OS/c1-3-5-6-7-8-9-10-11-12-13-14-15-16-17-18-19-20-21-22-23-24-25-26-27(29)28-4-2/h4H,2-3,5-26H2,1H3. The molecule has 0 heterocycles. The van der Waals surface area contributed by atoms with Gasteiger partial charge in [0.05, 0.1) is 6.26 Å². The fourth-order valence-electron chi connectivity index (χ4n) is 4.03. The maximum atomic E-state index is 5.09. The third kappa shape index (κ3) is 25.6. The normalized spacial score (nSPS) is 10.9. The fourth-order valence-corrected chi connectivity index (χ4v) is 4.24. The van der Waals surface area contributed by atoms with Gasteiger partial charge in [-0.25, -0.2) is 0 Å². The molecule has 0 atom stereocenters. The van der Waals surface area contributed by atoms with Crippen LogP contribution in [0.3, 0.4) is 0 Å². The van der Waals surface area contributed by atoms with E-state index in [1.165, 1.54) is 141 Å². The average Bonchev–Trinajstić information content (AvgIpc) is 2.72. The predicted octanol–water partition coefficient (Wildman–Crippen LogP) is 10.5. The number of rotatable bonds is 24. The Kier molecular flexibility index (Phi) is 25.3. The minimum atomic E-state index is 0.688. The third-order valence-electron chi connectivity index (χ3n) is 5.95. The summed E-state index contributed by atoms with van der Waals surface area (Å²) in [5.74, 6) is 0. The van der Waals surface area contributed by atoms with E-state index in [0.29, 0.717) is 5.05 Å². The van der Waals surface area contributed by atoms with Crippen molar-refractivity contribution in [2.24, 2.45) is 0 Å². The van der Waals surface area contributed by atoms with Crippen LogP contribution in [-0.4, -0.2) is 5.05 Å². The minimum absolute atomic E-state index is 0.688. The predicted molar refractivity (Wildman–Crippen MR) is 136 cm³/mol. The van der Waals surface area contributed by atoms with Crippen LogP contribution in [-0.2, 0) is 4.74 Å². The smallest absolute Gasteiger partial charge is 0.166 e. The van der Waals surface area contributed by atoms with Crippen LogP contribution in [0.2, 0.25) is 0 Å². The Hall–Kier alpha value is -0.370. The van der Waals surface area contributed by atoms with Gasteiger partial charge in [-0.2, -0.15) is 0 Å².